The third-order valence-electron chi connectivity index (χ3n) is 5.01. The fourth-order valence-corrected chi connectivity index (χ4v) is 5.36. The van der Waals surface area contributed by atoms with Crippen molar-refractivity contribution in [1.29, 1.82) is 0 Å². The molecule has 1 aromatic rings. The molecule has 0 radical (unpaired) electrons. The first-order chi connectivity index (χ1) is 12.6. The lowest BCUT2D eigenvalue weighted by atomic mass is 10.00. The monoisotopic (exact) mass is 375 g/mol. The van der Waals surface area contributed by atoms with Gasteiger partial charge in [0.15, 0.2) is 15.8 Å². The molecule has 0 aliphatic carbocycles. The van der Waals surface area contributed by atoms with Gasteiger partial charge in [0.25, 0.3) is 0 Å². The van der Waals surface area contributed by atoms with Gasteiger partial charge in [0.2, 0.25) is 0 Å². The van der Waals surface area contributed by atoms with Gasteiger partial charge >= 0.3 is 0 Å². The first-order valence-corrected chi connectivity index (χ1v) is 11.4. The van der Waals surface area contributed by atoms with Crippen LogP contribution in [-0.2, 0) is 9.84 Å². The van der Waals surface area contributed by atoms with Crippen LogP contribution in [0.4, 0.5) is 0 Å². The molecule has 2 heterocycles. The van der Waals surface area contributed by atoms with E-state index in [4.69, 9.17) is 4.99 Å². The SMILES string of the molecule is CCCNC(=NCC1CCS(=O)(=O)C1)N1CC=C(c2ccccc2)CC1. The summed E-state index contributed by atoms with van der Waals surface area (Å²) < 4.78 is 23.3. The summed E-state index contributed by atoms with van der Waals surface area (Å²) in [6.07, 6.45) is 5.05. The predicted octanol–water partition coefficient (Wildman–Crippen LogP) is 2.57. The third-order valence-corrected chi connectivity index (χ3v) is 6.85. The second kappa shape index (κ2) is 8.71. The van der Waals surface area contributed by atoms with E-state index in [1.54, 1.807) is 0 Å². The van der Waals surface area contributed by atoms with E-state index in [1.165, 1.54) is 11.1 Å². The van der Waals surface area contributed by atoms with Gasteiger partial charge in [-0.15, -0.1) is 0 Å². The van der Waals surface area contributed by atoms with Crippen LogP contribution in [0, 0.1) is 5.92 Å². The summed E-state index contributed by atoms with van der Waals surface area (Å²) >= 11 is 0. The Kier molecular flexibility index (Phi) is 6.35. The lowest BCUT2D eigenvalue weighted by Crippen LogP contribution is -2.44. The Morgan fingerprint density at radius 2 is 2.12 bits per heavy atom. The van der Waals surface area contributed by atoms with E-state index in [0.717, 1.165) is 44.9 Å². The first kappa shape index (κ1) is 19.0. The number of hydrogen-bond donors (Lipinski definition) is 1. The quantitative estimate of drug-likeness (QED) is 0.635. The highest BCUT2D eigenvalue weighted by atomic mass is 32.2. The summed E-state index contributed by atoms with van der Waals surface area (Å²) in [5.74, 6) is 1.69. The van der Waals surface area contributed by atoms with E-state index in [1.807, 2.05) is 6.07 Å². The van der Waals surface area contributed by atoms with Crippen molar-refractivity contribution in [1.82, 2.24) is 10.2 Å². The van der Waals surface area contributed by atoms with Crippen LogP contribution in [0.15, 0.2) is 41.4 Å². The maximum atomic E-state index is 11.6. The Morgan fingerprint density at radius 1 is 1.31 bits per heavy atom. The molecular formula is C20H29N3O2S. The van der Waals surface area contributed by atoms with Gasteiger partial charge in [0.05, 0.1) is 11.5 Å². The van der Waals surface area contributed by atoms with Gasteiger partial charge in [-0.05, 0) is 36.3 Å². The summed E-state index contributed by atoms with van der Waals surface area (Å²) in [5, 5.41) is 3.44. The molecule has 2 aliphatic rings. The summed E-state index contributed by atoms with van der Waals surface area (Å²) in [6, 6.07) is 10.5. The van der Waals surface area contributed by atoms with Crippen LogP contribution in [-0.4, -0.2) is 57.0 Å². The number of sulfone groups is 1. The van der Waals surface area contributed by atoms with E-state index in [-0.39, 0.29) is 11.7 Å². The molecule has 0 saturated carbocycles. The summed E-state index contributed by atoms with van der Waals surface area (Å²) in [5.41, 5.74) is 2.68. The summed E-state index contributed by atoms with van der Waals surface area (Å²) in [7, 11) is -2.84. The molecule has 0 spiro atoms. The lowest BCUT2D eigenvalue weighted by molar-refractivity contribution is 0.436. The molecule has 1 atom stereocenters. The van der Waals surface area contributed by atoms with Gasteiger partial charge in [-0.25, -0.2) is 8.42 Å². The first-order valence-electron chi connectivity index (χ1n) is 9.55. The topological polar surface area (TPSA) is 61.8 Å². The molecule has 142 valence electrons. The van der Waals surface area contributed by atoms with E-state index >= 15 is 0 Å². The number of nitrogens with zero attached hydrogens (tertiary/aromatic N) is 2. The standard InChI is InChI=1S/C20H29N3O2S/c1-2-11-21-20(22-15-17-10-14-26(24,25)16-17)23-12-8-19(9-13-23)18-6-4-3-5-7-18/h3-8,17H,2,9-16H2,1H3,(H,21,22). The van der Waals surface area contributed by atoms with Gasteiger partial charge in [-0.2, -0.15) is 0 Å². The zero-order valence-electron chi connectivity index (χ0n) is 15.5. The highest BCUT2D eigenvalue weighted by molar-refractivity contribution is 7.91. The van der Waals surface area contributed by atoms with E-state index in [2.05, 4.69) is 47.5 Å². The summed E-state index contributed by atoms with van der Waals surface area (Å²) in [6.45, 7) is 5.38. The molecule has 6 heteroatoms. The maximum absolute atomic E-state index is 11.6. The number of nitrogens with one attached hydrogen (secondary N) is 1. The molecule has 0 amide bonds. The summed E-state index contributed by atoms with van der Waals surface area (Å²) in [4.78, 5) is 7.04. The number of rotatable bonds is 5. The van der Waals surface area contributed by atoms with Crippen LogP contribution >= 0.6 is 0 Å². The molecule has 1 aromatic carbocycles. The van der Waals surface area contributed by atoms with E-state index in [0.29, 0.717) is 12.3 Å². The smallest absolute Gasteiger partial charge is 0.194 e. The van der Waals surface area contributed by atoms with Crippen molar-refractivity contribution in [2.24, 2.45) is 10.9 Å². The fraction of sp³-hybridized carbons (Fsp3) is 0.550. The zero-order chi connectivity index (χ0) is 18.4. The Hall–Kier alpha value is -1.82. The molecule has 1 N–H and O–H groups in total. The lowest BCUT2D eigenvalue weighted by Gasteiger charge is -2.30. The Morgan fingerprint density at radius 3 is 2.73 bits per heavy atom. The second-order valence-electron chi connectivity index (χ2n) is 7.15. The van der Waals surface area contributed by atoms with Gasteiger partial charge in [-0.3, -0.25) is 4.99 Å². The van der Waals surface area contributed by atoms with Crippen molar-refractivity contribution in [3.63, 3.8) is 0 Å². The molecule has 26 heavy (non-hydrogen) atoms. The second-order valence-corrected chi connectivity index (χ2v) is 9.38. The van der Waals surface area contributed by atoms with Gasteiger partial charge < -0.3 is 10.2 Å². The van der Waals surface area contributed by atoms with Crippen LogP contribution < -0.4 is 5.32 Å². The minimum atomic E-state index is -2.84. The minimum absolute atomic E-state index is 0.165. The van der Waals surface area contributed by atoms with Crippen molar-refractivity contribution in [2.75, 3.05) is 37.7 Å². The molecule has 0 bridgehead atoms. The van der Waals surface area contributed by atoms with Crippen LogP contribution in [0.25, 0.3) is 5.57 Å². The fourth-order valence-electron chi connectivity index (χ4n) is 3.51. The highest BCUT2D eigenvalue weighted by Crippen LogP contribution is 2.22. The molecule has 3 rings (SSSR count). The predicted molar refractivity (Wildman–Crippen MR) is 108 cm³/mol. The molecule has 5 nitrogen and oxygen atoms in total. The number of hydrogen-bond acceptors (Lipinski definition) is 3. The van der Waals surface area contributed by atoms with Crippen molar-refractivity contribution in [3.8, 4) is 0 Å². The van der Waals surface area contributed by atoms with Crippen LogP contribution in [0.3, 0.4) is 0 Å². The van der Waals surface area contributed by atoms with Crippen molar-refractivity contribution in [3.05, 3.63) is 42.0 Å². The van der Waals surface area contributed by atoms with Gasteiger partial charge in [-0.1, -0.05) is 43.3 Å². The number of guanidine groups is 1. The molecular weight excluding hydrogens is 346 g/mol. The molecule has 1 saturated heterocycles. The number of aliphatic imine (C=N–C) groups is 1. The minimum Gasteiger partial charge on any atom is -0.356 e. The zero-order valence-corrected chi connectivity index (χ0v) is 16.3. The van der Waals surface area contributed by atoms with Gasteiger partial charge in [0, 0.05) is 26.2 Å². The Bertz CT molecular complexity index is 757. The molecule has 0 aromatic heterocycles. The van der Waals surface area contributed by atoms with E-state index in [9.17, 15) is 8.42 Å². The van der Waals surface area contributed by atoms with Crippen LogP contribution in [0.5, 0.6) is 0 Å². The largest absolute Gasteiger partial charge is 0.356 e. The highest BCUT2D eigenvalue weighted by Gasteiger charge is 2.28. The van der Waals surface area contributed by atoms with Crippen LogP contribution in [0.2, 0.25) is 0 Å². The maximum Gasteiger partial charge on any atom is 0.194 e. The average molecular weight is 376 g/mol. The number of benzene rings is 1. The molecule has 2 aliphatic heterocycles. The third kappa shape index (κ3) is 5.10. The normalized spacial score (nSPS) is 23.0. The van der Waals surface area contributed by atoms with Crippen LogP contribution in [0.1, 0.15) is 31.7 Å². The van der Waals surface area contributed by atoms with Crippen molar-refractivity contribution < 1.29 is 8.42 Å². The average Bonchev–Trinajstić information content (AvgIpc) is 3.02. The van der Waals surface area contributed by atoms with Crippen molar-refractivity contribution in [2.45, 2.75) is 26.2 Å². The Labute approximate surface area is 157 Å². The van der Waals surface area contributed by atoms with Gasteiger partial charge in [0.1, 0.15) is 0 Å². The molecule has 1 fully saturated rings. The molecule has 1 unspecified atom stereocenters. The van der Waals surface area contributed by atoms with Crippen molar-refractivity contribution >= 4 is 21.4 Å². The Balaban J connectivity index is 1.64. The van der Waals surface area contributed by atoms with E-state index < -0.39 is 9.84 Å².